The van der Waals surface area contributed by atoms with Crippen LogP contribution in [0.25, 0.3) is 0 Å². The highest BCUT2D eigenvalue weighted by Gasteiger charge is 2.38. The van der Waals surface area contributed by atoms with E-state index in [-0.39, 0.29) is 191 Å². The molecule has 2 aromatic heterocycles. The second-order valence-corrected chi connectivity index (χ2v) is 29.0. The van der Waals surface area contributed by atoms with Crippen LogP contribution < -0.4 is 153 Å². The third-order valence-electron chi connectivity index (χ3n) is 18.7. The topological polar surface area (TPSA) is 963 Å². The van der Waals surface area contributed by atoms with Crippen LogP contribution in [-0.4, -0.2) is 304 Å². The zero-order valence-corrected chi connectivity index (χ0v) is 70.4. The van der Waals surface area contributed by atoms with Crippen molar-refractivity contribution in [2.24, 2.45) is 51.6 Å². The van der Waals surface area contributed by atoms with E-state index in [1.165, 1.54) is 32.0 Å². The van der Waals surface area contributed by atoms with Gasteiger partial charge in [-0.1, -0.05) is 0 Å². The first kappa shape index (κ1) is 108. The van der Waals surface area contributed by atoms with Gasteiger partial charge in [0.1, 0.15) is 78.5 Å². The molecule has 55 heteroatoms. The van der Waals surface area contributed by atoms with Crippen LogP contribution in [0.5, 0.6) is 0 Å². The fourth-order valence-corrected chi connectivity index (χ4v) is 12.0. The molecule has 0 aliphatic heterocycles. The highest BCUT2D eigenvalue weighted by Crippen LogP contribution is 2.13. The van der Waals surface area contributed by atoms with Gasteiger partial charge in [-0.25, -0.2) is 14.8 Å². The van der Waals surface area contributed by atoms with E-state index < -0.39 is 205 Å². The van der Waals surface area contributed by atoms with Crippen molar-refractivity contribution in [3.63, 3.8) is 0 Å². The smallest absolute Gasteiger partial charge is 0.326 e. The van der Waals surface area contributed by atoms with Crippen LogP contribution in [0.3, 0.4) is 0 Å². The standard InChI is InChI=1S/C71H130N38O17/c1-37(53(113)99-42(13-3-5-21-73)56(116)101-45(17-9-25-92-69(81)82)60(120)109-51(34-111)64(124)105-47(65(125)126)19-11-27-94-71(85)86)97-54(114)41(12-2-4-20-72)104-63(123)50(33-110)108-59(119)46(18-10-26-93-70(83)84)102-57(117)43(15-7-23-90-67(77)78)103-61(121)48(28-38-31-87-35-95-38)107-62(122)49(29-39-32-88-36-96-39)106-58(118)44(16-8-24-91-68(79)80)100-55(115)40(98-52(112)30-74)14-6-22-89-66(75)76/h31-32,35-37,40-51,110-111H,2-30,33-34,72-74H2,1H3,(H,87,95)(H,88,96)(H,97,114)(H,98,112)(H,99,113)(H,100,115)(H,101,116)(H,102,117)(H,103,121)(H,104,123)(H,105,124)(H,106,118)(H,107,122)(H,108,119)(H,109,120)(H,125,126)(H4,75,76,89)(H4,77,78,90)(H4,79,80,91)(H4,81,82,92)(H4,83,84,93)(H4,85,86,94)/t37-,40-,41-,42-,43-,44-,45-,46-,47-,48-,49-,50-,51-/m0/s1. The molecule has 2 rings (SSSR count). The molecule has 0 radical (unpaired) electrons. The second-order valence-electron chi connectivity index (χ2n) is 29.0. The summed E-state index contributed by atoms with van der Waals surface area (Å²) in [6.07, 6.45) is 4.54. The molecular weight excluding hydrogens is 1660 g/mol. The Kier molecular flexibility index (Phi) is 52.4. The summed E-state index contributed by atoms with van der Waals surface area (Å²) in [7, 11) is 0. The van der Waals surface area contributed by atoms with Gasteiger partial charge in [0.2, 0.25) is 76.8 Å². The van der Waals surface area contributed by atoms with E-state index in [2.05, 4.69) is 121 Å². The summed E-state index contributed by atoms with van der Waals surface area (Å²) >= 11 is 0. The molecule has 0 unspecified atom stereocenters. The van der Waals surface area contributed by atoms with Crippen LogP contribution in [0.4, 0.5) is 0 Å². The first-order valence-corrected chi connectivity index (χ1v) is 40.8. The predicted octanol–water partition coefficient (Wildman–Crippen LogP) is -13.9. The van der Waals surface area contributed by atoms with Crippen molar-refractivity contribution in [3.8, 4) is 0 Å². The van der Waals surface area contributed by atoms with Crippen LogP contribution in [-0.2, 0) is 80.0 Å². The number of carbonyl (C=O) groups is 14. The highest BCUT2D eigenvalue weighted by molar-refractivity contribution is 6.00. The van der Waals surface area contributed by atoms with Crippen molar-refractivity contribution >= 4 is 119 Å². The van der Waals surface area contributed by atoms with E-state index in [0.717, 1.165) is 0 Å². The summed E-state index contributed by atoms with van der Waals surface area (Å²) < 4.78 is 0. The first-order valence-electron chi connectivity index (χ1n) is 40.8. The van der Waals surface area contributed by atoms with E-state index in [4.69, 9.17) is 84.1 Å². The van der Waals surface area contributed by atoms with Crippen LogP contribution in [0.1, 0.15) is 134 Å². The third kappa shape index (κ3) is 45.5. The number of H-pyrrole nitrogens is 2. The van der Waals surface area contributed by atoms with Crippen molar-refractivity contribution in [1.82, 2.24) is 121 Å². The van der Waals surface area contributed by atoms with E-state index in [0.29, 0.717) is 12.8 Å². The van der Waals surface area contributed by atoms with Crippen LogP contribution >= 0.6 is 0 Å². The van der Waals surface area contributed by atoms with E-state index >= 15 is 0 Å². The molecule has 0 bridgehead atoms. The van der Waals surface area contributed by atoms with Gasteiger partial charge in [0.05, 0.1) is 32.4 Å². The number of unbranched alkanes of at least 4 members (excludes halogenated alkanes) is 2. The number of hydrogen-bond acceptors (Lipinski definition) is 27. The number of carboxylic acid groups (broad SMARTS) is 1. The van der Waals surface area contributed by atoms with Gasteiger partial charge in [-0.2, -0.15) is 0 Å². The number of aliphatic hydroxyl groups excluding tert-OH is 2. The molecule has 0 aromatic carbocycles. The predicted molar refractivity (Wildman–Crippen MR) is 457 cm³/mol. The van der Waals surface area contributed by atoms with Crippen molar-refractivity contribution < 1.29 is 82.4 Å². The summed E-state index contributed by atoms with van der Waals surface area (Å²) in [4.78, 5) is 211. The van der Waals surface area contributed by atoms with Gasteiger partial charge in [0.15, 0.2) is 35.8 Å². The molecule has 0 saturated carbocycles. The minimum absolute atomic E-state index is 0.000522. The lowest BCUT2D eigenvalue weighted by atomic mass is 10.0. The summed E-state index contributed by atoms with van der Waals surface area (Å²) in [5.74, 6) is -17.0. The molecular formula is C71H130N38O17. The number of aromatic amines is 2. The van der Waals surface area contributed by atoms with Gasteiger partial charge >= 0.3 is 5.97 Å². The lowest BCUT2D eigenvalue weighted by Gasteiger charge is -2.28. The Hall–Kier alpha value is -13.6. The van der Waals surface area contributed by atoms with E-state index in [9.17, 15) is 82.4 Å². The van der Waals surface area contributed by atoms with Gasteiger partial charge < -0.3 is 178 Å². The summed E-state index contributed by atoms with van der Waals surface area (Å²) in [5, 5.41) is 124. The number of imidazole rings is 2. The lowest BCUT2D eigenvalue weighted by molar-refractivity contribution is -0.143. The maximum absolute atomic E-state index is 15.0. The van der Waals surface area contributed by atoms with Crippen LogP contribution in [0.2, 0.25) is 0 Å². The molecule has 2 aromatic rings. The number of aliphatic carboxylic acids is 1. The Balaban J connectivity index is 2.60. The SMILES string of the molecule is C[C@H](NC(=O)[C@H](CCCCN)NC(=O)[C@H](CO)NC(=O)[C@H](CCCNC(=N)N)NC(=O)[C@H](CCCNC(=N)N)NC(=O)[C@H](Cc1cnc[nH]1)NC(=O)[C@H](Cc1cnc[nH]1)NC(=O)[C@H](CCCNC(=N)N)NC(=O)[C@H](CCCNC(=N)N)NC(=O)CN)C(=O)N[C@@H](CCCCN)C(=O)N[C@@H](CCCNC(=N)N)C(=O)N[C@@H](CO)C(=O)N[C@@H](CCCNC(=N)N)C(=O)O. The first-order chi connectivity index (χ1) is 59.9. The molecule has 0 saturated heterocycles. The number of aliphatic hydroxyl groups is 2. The molecule has 126 heavy (non-hydrogen) atoms. The Labute approximate surface area is 725 Å². The summed E-state index contributed by atoms with van der Waals surface area (Å²) in [6.45, 7) is -1.10. The number of nitrogens with zero attached hydrogens (tertiary/aromatic N) is 2. The second kappa shape index (κ2) is 60.8. The van der Waals surface area contributed by atoms with Gasteiger partial charge in [-0.15, -0.1) is 0 Å². The number of nitrogens with one attached hydrogen (secondary N) is 27. The van der Waals surface area contributed by atoms with Gasteiger partial charge in [0, 0.05) is 75.9 Å². The number of aromatic nitrogens is 4. The monoisotopic (exact) mass is 1790 g/mol. The molecule has 0 fully saturated rings. The molecule has 13 amide bonds. The number of amides is 13. The van der Waals surface area contributed by atoms with Gasteiger partial charge in [0.25, 0.3) is 0 Å². The minimum atomic E-state index is -1.90. The number of carboxylic acids is 1. The van der Waals surface area contributed by atoms with Crippen molar-refractivity contribution in [1.29, 1.82) is 32.5 Å². The Morgan fingerprint density at radius 3 is 0.786 bits per heavy atom. The molecule has 2 heterocycles. The fraction of sp³-hybridized carbons (Fsp3) is 0.634. The number of rotatable bonds is 65. The maximum Gasteiger partial charge on any atom is 0.326 e. The fourth-order valence-electron chi connectivity index (χ4n) is 12.0. The normalized spacial score (nSPS) is 14.0. The quantitative estimate of drug-likeness (QED) is 0.0166. The van der Waals surface area contributed by atoms with Crippen molar-refractivity contribution in [2.45, 2.75) is 214 Å². The van der Waals surface area contributed by atoms with Crippen LogP contribution in [0.15, 0.2) is 25.0 Å². The van der Waals surface area contributed by atoms with E-state index in [1.807, 2.05) is 0 Å². The molecule has 55 nitrogen and oxygen atoms in total. The van der Waals surface area contributed by atoms with E-state index in [1.54, 1.807) is 0 Å². The summed E-state index contributed by atoms with van der Waals surface area (Å²) in [6, 6.07) is -20.5. The molecule has 706 valence electrons. The number of guanidine groups is 6. The Morgan fingerprint density at radius 2 is 0.540 bits per heavy atom. The maximum atomic E-state index is 15.0. The van der Waals surface area contributed by atoms with Gasteiger partial charge in [-0.3, -0.25) is 94.8 Å². The van der Waals surface area contributed by atoms with Crippen molar-refractivity contribution in [3.05, 3.63) is 36.4 Å². The average Bonchev–Trinajstić information content (AvgIpc) is 1.34. The lowest BCUT2D eigenvalue weighted by Crippen LogP contribution is -2.61. The zero-order chi connectivity index (χ0) is 94.2. The average molecular weight is 1790 g/mol. The Morgan fingerprint density at radius 1 is 0.317 bits per heavy atom. The Bertz CT molecular complexity index is 3860. The molecule has 13 atom stereocenters. The molecule has 0 spiro atoms. The number of nitrogens with two attached hydrogens (primary N) is 9. The number of hydrogen-bond donors (Lipinski definition) is 39. The van der Waals surface area contributed by atoms with Gasteiger partial charge in [-0.05, 0) is 136 Å². The van der Waals surface area contributed by atoms with Crippen LogP contribution in [0, 0.1) is 32.5 Å². The number of carbonyl (C=O) groups excluding carboxylic acids is 13. The highest BCUT2D eigenvalue weighted by atomic mass is 16.4. The third-order valence-corrected chi connectivity index (χ3v) is 18.7. The molecule has 0 aliphatic rings. The minimum Gasteiger partial charge on any atom is -0.480 e. The summed E-state index contributed by atoms with van der Waals surface area (Å²) in [5.41, 5.74) is 50.4. The van der Waals surface area contributed by atoms with Crippen molar-refractivity contribution in [2.75, 3.05) is 72.1 Å². The largest absolute Gasteiger partial charge is 0.480 e. The molecule has 48 N–H and O–H groups in total. The molecule has 0 aliphatic carbocycles. The zero-order valence-electron chi connectivity index (χ0n) is 70.4.